The SMILES string of the molecule is COCC(C)(C)NC(=O)c1c[nH]c(C)cc1=O. The van der Waals surface area contributed by atoms with Gasteiger partial charge in [0.2, 0.25) is 0 Å². The topological polar surface area (TPSA) is 71.2 Å². The summed E-state index contributed by atoms with van der Waals surface area (Å²) in [5, 5.41) is 2.75. The Balaban J connectivity index is 2.87. The molecule has 0 saturated heterocycles. The standard InChI is InChI=1S/C12H18N2O3/c1-8-5-10(15)9(6-13-8)11(16)14-12(2,3)7-17-4/h5-6H,7H2,1-4H3,(H,13,15)(H,14,16). The van der Waals surface area contributed by atoms with E-state index < -0.39 is 11.4 Å². The number of amides is 1. The van der Waals surface area contributed by atoms with E-state index >= 15 is 0 Å². The van der Waals surface area contributed by atoms with Crippen molar-refractivity contribution in [3.63, 3.8) is 0 Å². The van der Waals surface area contributed by atoms with E-state index in [9.17, 15) is 9.59 Å². The summed E-state index contributed by atoms with van der Waals surface area (Å²) < 4.78 is 4.99. The molecule has 1 rings (SSSR count). The summed E-state index contributed by atoms with van der Waals surface area (Å²) in [6, 6.07) is 1.40. The van der Waals surface area contributed by atoms with Crippen LogP contribution in [0.1, 0.15) is 29.9 Å². The first-order valence-electron chi connectivity index (χ1n) is 5.36. The van der Waals surface area contributed by atoms with Gasteiger partial charge in [0, 0.05) is 25.1 Å². The minimum Gasteiger partial charge on any atom is -0.382 e. The van der Waals surface area contributed by atoms with Crippen LogP contribution in [0.3, 0.4) is 0 Å². The van der Waals surface area contributed by atoms with Crippen LogP contribution in [0.15, 0.2) is 17.1 Å². The van der Waals surface area contributed by atoms with E-state index in [0.717, 1.165) is 5.69 Å². The molecule has 0 unspecified atom stereocenters. The highest BCUT2D eigenvalue weighted by molar-refractivity contribution is 5.94. The molecule has 0 atom stereocenters. The zero-order valence-electron chi connectivity index (χ0n) is 10.6. The van der Waals surface area contributed by atoms with Gasteiger partial charge in [-0.25, -0.2) is 0 Å². The van der Waals surface area contributed by atoms with Gasteiger partial charge in [0.05, 0.1) is 12.1 Å². The third kappa shape index (κ3) is 3.71. The van der Waals surface area contributed by atoms with Crippen LogP contribution in [-0.2, 0) is 4.74 Å². The van der Waals surface area contributed by atoms with Crippen molar-refractivity contribution in [2.75, 3.05) is 13.7 Å². The van der Waals surface area contributed by atoms with Crippen molar-refractivity contribution in [1.29, 1.82) is 0 Å². The van der Waals surface area contributed by atoms with Gasteiger partial charge in [-0.2, -0.15) is 0 Å². The molecule has 1 aromatic rings. The Labute approximate surface area is 100 Å². The molecule has 1 amide bonds. The van der Waals surface area contributed by atoms with E-state index in [1.54, 1.807) is 14.0 Å². The van der Waals surface area contributed by atoms with E-state index in [1.165, 1.54) is 12.3 Å². The summed E-state index contributed by atoms with van der Waals surface area (Å²) in [4.78, 5) is 26.3. The second-order valence-corrected chi connectivity index (χ2v) is 4.66. The molecule has 94 valence electrons. The Bertz CT molecular complexity index is 463. The summed E-state index contributed by atoms with van der Waals surface area (Å²) in [6.45, 7) is 5.80. The van der Waals surface area contributed by atoms with Crippen molar-refractivity contribution in [3.8, 4) is 0 Å². The Hall–Kier alpha value is -1.62. The number of hydrogen-bond acceptors (Lipinski definition) is 3. The number of aromatic amines is 1. The highest BCUT2D eigenvalue weighted by Crippen LogP contribution is 2.03. The molecule has 5 heteroatoms. The third-order valence-electron chi connectivity index (χ3n) is 2.26. The summed E-state index contributed by atoms with van der Waals surface area (Å²) in [7, 11) is 1.56. The lowest BCUT2D eigenvalue weighted by molar-refractivity contribution is 0.0818. The molecule has 2 N–H and O–H groups in total. The predicted octanol–water partition coefficient (Wildman–Crippen LogP) is 0.838. The first-order valence-corrected chi connectivity index (χ1v) is 5.36. The third-order valence-corrected chi connectivity index (χ3v) is 2.26. The van der Waals surface area contributed by atoms with E-state index in [2.05, 4.69) is 10.3 Å². The molecule has 0 bridgehead atoms. The average Bonchev–Trinajstić information content (AvgIpc) is 2.15. The maximum atomic E-state index is 11.9. The molecule has 17 heavy (non-hydrogen) atoms. The Kier molecular flexibility index (Phi) is 4.07. The molecule has 0 spiro atoms. The lowest BCUT2D eigenvalue weighted by atomic mass is 10.1. The predicted molar refractivity (Wildman–Crippen MR) is 65.2 cm³/mol. The number of nitrogens with one attached hydrogen (secondary N) is 2. The Morgan fingerprint density at radius 2 is 2.18 bits per heavy atom. The zero-order chi connectivity index (χ0) is 13.1. The molecular weight excluding hydrogens is 220 g/mol. The minimum atomic E-state index is -0.511. The molecular formula is C12H18N2O3. The highest BCUT2D eigenvalue weighted by Gasteiger charge is 2.22. The van der Waals surface area contributed by atoms with Crippen molar-refractivity contribution < 1.29 is 9.53 Å². The van der Waals surface area contributed by atoms with Crippen molar-refractivity contribution in [2.24, 2.45) is 0 Å². The van der Waals surface area contributed by atoms with Gasteiger partial charge in [0.1, 0.15) is 5.56 Å². The van der Waals surface area contributed by atoms with Gasteiger partial charge in [-0.1, -0.05) is 0 Å². The monoisotopic (exact) mass is 238 g/mol. The lowest BCUT2D eigenvalue weighted by Gasteiger charge is -2.25. The highest BCUT2D eigenvalue weighted by atomic mass is 16.5. The number of hydrogen-bond donors (Lipinski definition) is 2. The zero-order valence-corrected chi connectivity index (χ0v) is 10.6. The number of aromatic nitrogens is 1. The van der Waals surface area contributed by atoms with Crippen molar-refractivity contribution >= 4 is 5.91 Å². The summed E-state index contributed by atoms with van der Waals surface area (Å²) in [6.07, 6.45) is 1.43. The fourth-order valence-corrected chi connectivity index (χ4v) is 1.52. The largest absolute Gasteiger partial charge is 0.382 e. The molecule has 0 aromatic carbocycles. The van der Waals surface area contributed by atoms with E-state index in [1.807, 2.05) is 13.8 Å². The van der Waals surface area contributed by atoms with Gasteiger partial charge in [-0.15, -0.1) is 0 Å². The number of aryl methyl sites for hydroxylation is 1. The van der Waals surface area contributed by atoms with Crippen molar-refractivity contribution in [1.82, 2.24) is 10.3 Å². The van der Waals surface area contributed by atoms with Crippen LogP contribution in [0, 0.1) is 6.92 Å². The van der Waals surface area contributed by atoms with E-state index in [-0.39, 0.29) is 11.0 Å². The molecule has 0 saturated carbocycles. The van der Waals surface area contributed by atoms with Gasteiger partial charge in [0.15, 0.2) is 5.43 Å². The van der Waals surface area contributed by atoms with Gasteiger partial charge in [0.25, 0.3) is 5.91 Å². The maximum absolute atomic E-state index is 11.9. The molecule has 0 aliphatic heterocycles. The molecule has 0 aliphatic rings. The average molecular weight is 238 g/mol. The molecule has 1 aromatic heterocycles. The van der Waals surface area contributed by atoms with Gasteiger partial charge >= 0.3 is 0 Å². The van der Waals surface area contributed by atoms with Gasteiger partial charge in [-0.3, -0.25) is 9.59 Å². The van der Waals surface area contributed by atoms with Crippen LogP contribution in [0.25, 0.3) is 0 Å². The summed E-state index contributed by atoms with van der Waals surface area (Å²) in [5.41, 5.74) is 0.0397. The molecule has 1 heterocycles. The lowest BCUT2D eigenvalue weighted by Crippen LogP contribution is -2.47. The molecule has 5 nitrogen and oxygen atoms in total. The minimum absolute atomic E-state index is 0.111. The number of pyridine rings is 1. The molecule has 0 radical (unpaired) electrons. The Morgan fingerprint density at radius 1 is 1.53 bits per heavy atom. The number of methoxy groups -OCH3 is 1. The van der Waals surface area contributed by atoms with Crippen LogP contribution in [0.4, 0.5) is 0 Å². The number of H-pyrrole nitrogens is 1. The maximum Gasteiger partial charge on any atom is 0.257 e. The first-order chi connectivity index (χ1) is 7.85. The summed E-state index contributed by atoms with van der Waals surface area (Å²) in [5.74, 6) is -0.395. The fourth-order valence-electron chi connectivity index (χ4n) is 1.52. The van der Waals surface area contributed by atoms with Crippen LogP contribution in [0.2, 0.25) is 0 Å². The van der Waals surface area contributed by atoms with E-state index in [0.29, 0.717) is 6.61 Å². The molecule has 0 fully saturated rings. The van der Waals surface area contributed by atoms with Crippen LogP contribution in [-0.4, -0.2) is 30.1 Å². The number of carbonyl (C=O) groups is 1. The van der Waals surface area contributed by atoms with Crippen molar-refractivity contribution in [2.45, 2.75) is 26.3 Å². The van der Waals surface area contributed by atoms with E-state index in [4.69, 9.17) is 4.74 Å². The number of carbonyl (C=O) groups excluding carboxylic acids is 1. The van der Waals surface area contributed by atoms with Crippen LogP contribution < -0.4 is 10.7 Å². The summed E-state index contributed by atoms with van der Waals surface area (Å²) >= 11 is 0. The quantitative estimate of drug-likeness (QED) is 0.816. The van der Waals surface area contributed by atoms with Gasteiger partial charge in [-0.05, 0) is 20.8 Å². The van der Waals surface area contributed by atoms with Crippen molar-refractivity contribution in [3.05, 3.63) is 33.7 Å². The first kappa shape index (κ1) is 13.4. The van der Waals surface area contributed by atoms with Crippen LogP contribution in [0.5, 0.6) is 0 Å². The normalized spacial score (nSPS) is 11.3. The number of ether oxygens (including phenoxy) is 1. The van der Waals surface area contributed by atoms with Gasteiger partial charge < -0.3 is 15.0 Å². The Morgan fingerprint density at radius 3 is 2.71 bits per heavy atom. The molecule has 0 aliphatic carbocycles. The second-order valence-electron chi connectivity index (χ2n) is 4.66. The van der Waals surface area contributed by atoms with Crippen LogP contribution >= 0.6 is 0 Å². The smallest absolute Gasteiger partial charge is 0.257 e. The fraction of sp³-hybridized carbons (Fsp3) is 0.500. The second kappa shape index (κ2) is 5.14. The number of rotatable bonds is 4.